The van der Waals surface area contributed by atoms with Crippen LogP contribution in [-0.2, 0) is 4.79 Å². The molecule has 0 radical (unpaired) electrons. The third-order valence-electron chi connectivity index (χ3n) is 1.71. The molecule has 7 heteroatoms. The van der Waals surface area contributed by atoms with Crippen molar-refractivity contribution in [3.8, 4) is 0 Å². The second-order valence-electron chi connectivity index (χ2n) is 3.81. The lowest BCUT2D eigenvalue weighted by Gasteiger charge is -2.06. The average Bonchev–Trinajstić information content (AvgIpc) is 2.70. The Bertz CT molecular complexity index is 354. The standard InChI is InChI=1S/C10H18N4OS2/c1-4-5-11-9-13-14-10(17-9)16-6-8(15)12-7(2)3/h7H,4-6H2,1-3H3,(H,11,13)(H,12,15). The van der Waals surface area contributed by atoms with Crippen LogP contribution in [0.4, 0.5) is 5.13 Å². The van der Waals surface area contributed by atoms with Gasteiger partial charge in [-0.05, 0) is 20.3 Å². The Labute approximate surface area is 110 Å². The Morgan fingerprint density at radius 2 is 2.24 bits per heavy atom. The lowest BCUT2D eigenvalue weighted by molar-refractivity contribution is -0.119. The van der Waals surface area contributed by atoms with E-state index < -0.39 is 0 Å². The van der Waals surface area contributed by atoms with E-state index in [1.54, 1.807) is 0 Å². The first-order chi connectivity index (χ1) is 8.11. The molecule has 0 aliphatic carbocycles. The molecule has 2 N–H and O–H groups in total. The molecule has 1 rings (SSSR count). The van der Waals surface area contributed by atoms with E-state index >= 15 is 0 Å². The maximum absolute atomic E-state index is 11.4. The number of amides is 1. The molecule has 0 aliphatic rings. The number of nitrogens with one attached hydrogen (secondary N) is 2. The highest BCUT2D eigenvalue weighted by Gasteiger charge is 2.08. The van der Waals surface area contributed by atoms with Crippen LogP contribution in [0.3, 0.4) is 0 Å². The van der Waals surface area contributed by atoms with Crippen molar-refractivity contribution in [3.63, 3.8) is 0 Å². The fourth-order valence-electron chi connectivity index (χ4n) is 1.06. The zero-order valence-corrected chi connectivity index (χ0v) is 12.0. The first-order valence-corrected chi connectivity index (χ1v) is 7.41. The molecular weight excluding hydrogens is 256 g/mol. The van der Waals surface area contributed by atoms with E-state index in [9.17, 15) is 4.79 Å². The molecule has 0 aliphatic heterocycles. The first kappa shape index (κ1) is 14.2. The highest BCUT2D eigenvalue weighted by molar-refractivity contribution is 8.01. The zero-order valence-electron chi connectivity index (χ0n) is 10.3. The largest absolute Gasteiger partial charge is 0.360 e. The molecule has 96 valence electrons. The highest BCUT2D eigenvalue weighted by Crippen LogP contribution is 2.25. The van der Waals surface area contributed by atoms with Gasteiger partial charge in [-0.15, -0.1) is 10.2 Å². The SMILES string of the molecule is CCCNc1nnc(SCC(=O)NC(C)C)s1. The quantitative estimate of drug-likeness (QED) is 0.744. The van der Waals surface area contributed by atoms with E-state index in [1.807, 2.05) is 13.8 Å². The van der Waals surface area contributed by atoms with Crippen LogP contribution in [0.25, 0.3) is 0 Å². The number of hydrogen-bond donors (Lipinski definition) is 2. The van der Waals surface area contributed by atoms with Crippen molar-refractivity contribution < 1.29 is 4.79 Å². The molecule has 0 saturated heterocycles. The van der Waals surface area contributed by atoms with Crippen molar-refractivity contribution in [1.82, 2.24) is 15.5 Å². The van der Waals surface area contributed by atoms with Crippen LogP contribution in [0.15, 0.2) is 4.34 Å². The number of carbonyl (C=O) groups excluding carboxylic acids is 1. The predicted octanol–water partition coefficient (Wildman–Crippen LogP) is 1.98. The molecule has 1 aromatic rings. The summed E-state index contributed by atoms with van der Waals surface area (Å²) >= 11 is 2.90. The minimum absolute atomic E-state index is 0.0308. The summed E-state index contributed by atoms with van der Waals surface area (Å²) in [6.07, 6.45) is 1.05. The average molecular weight is 274 g/mol. The topological polar surface area (TPSA) is 66.9 Å². The second kappa shape index (κ2) is 7.50. The second-order valence-corrected chi connectivity index (χ2v) is 6.01. The summed E-state index contributed by atoms with van der Waals surface area (Å²) in [7, 11) is 0. The normalized spacial score (nSPS) is 10.6. The van der Waals surface area contributed by atoms with Crippen LogP contribution in [0.2, 0.25) is 0 Å². The van der Waals surface area contributed by atoms with Crippen molar-refractivity contribution >= 4 is 34.1 Å². The summed E-state index contributed by atoms with van der Waals surface area (Å²) in [6, 6.07) is 0.180. The Balaban J connectivity index is 2.31. The lowest BCUT2D eigenvalue weighted by atomic mass is 10.4. The molecule has 5 nitrogen and oxygen atoms in total. The Kier molecular flexibility index (Phi) is 6.28. The van der Waals surface area contributed by atoms with E-state index in [2.05, 4.69) is 27.8 Å². The monoisotopic (exact) mass is 274 g/mol. The molecular formula is C10H18N4OS2. The van der Waals surface area contributed by atoms with Crippen molar-refractivity contribution in [2.75, 3.05) is 17.6 Å². The van der Waals surface area contributed by atoms with Crippen molar-refractivity contribution in [2.45, 2.75) is 37.6 Å². The minimum Gasteiger partial charge on any atom is -0.360 e. The molecule has 0 spiro atoms. The fraction of sp³-hybridized carbons (Fsp3) is 0.700. The van der Waals surface area contributed by atoms with Gasteiger partial charge in [-0.3, -0.25) is 4.79 Å². The summed E-state index contributed by atoms with van der Waals surface area (Å²) in [5.41, 5.74) is 0. The minimum atomic E-state index is 0.0308. The molecule has 0 bridgehead atoms. The number of aromatic nitrogens is 2. The Morgan fingerprint density at radius 1 is 1.47 bits per heavy atom. The lowest BCUT2D eigenvalue weighted by Crippen LogP contribution is -2.31. The Hall–Kier alpha value is -0.820. The number of carbonyl (C=O) groups is 1. The van der Waals surface area contributed by atoms with Crippen LogP contribution in [-0.4, -0.2) is 34.4 Å². The maximum atomic E-state index is 11.4. The molecule has 0 unspecified atom stereocenters. The van der Waals surface area contributed by atoms with E-state index in [4.69, 9.17) is 0 Å². The number of thioether (sulfide) groups is 1. The third kappa shape index (κ3) is 5.88. The molecule has 17 heavy (non-hydrogen) atoms. The van der Waals surface area contributed by atoms with Crippen LogP contribution >= 0.6 is 23.1 Å². The van der Waals surface area contributed by atoms with Gasteiger partial charge in [0.05, 0.1) is 5.75 Å². The van der Waals surface area contributed by atoms with Crippen molar-refractivity contribution in [2.24, 2.45) is 0 Å². The predicted molar refractivity (Wildman–Crippen MR) is 72.7 cm³/mol. The fourth-order valence-corrected chi connectivity index (χ4v) is 2.65. The first-order valence-electron chi connectivity index (χ1n) is 5.61. The highest BCUT2D eigenvalue weighted by atomic mass is 32.2. The van der Waals surface area contributed by atoms with Gasteiger partial charge in [0, 0.05) is 12.6 Å². The Morgan fingerprint density at radius 3 is 2.88 bits per heavy atom. The van der Waals surface area contributed by atoms with Crippen LogP contribution in [0.5, 0.6) is 0 Å². The molecule has 0 aromatic carbocycles. The van der Waals surface area contributed by atoms with E-state index in [-0.39, 0.29) is 11.9 Å². The number of rotatable bonds is 7. The van der Waals surface area contributed by atoms with Gasteiger partial charge >= 0.3 is 0 Å². The van der Waals surface area contributed by atoms with Gasteiger partial charge in [-0.1, -0.05) is 30.0 Å². The summed E-state index contributed by atoms with van der Waals surface area (Å²) < 4.78 is 0.822. The molecule has 0 saturated carbocycles. The summed E-state index contributed by atoms with van der Waals surface area (Å²) in [6.45, 7) is 6.88. The van der Waals surface area contributed by atoms with Gasteiger partial charge in [-0.2, -0.15) is 0 Å². The van der Waals surface area contributed by atoms with Gasteiger partial charge in [0.15, 0.2) is 4.34 Å². The van der Waals surface area contributed by atoms with E-state index in [0.29, 0.717) is 5.75 Å². The van der Waals surface area contributed by atoms with Crippen LogP contribution in [0.1, 0.15) is 27.2 Å². The van der Waals surface area contributed by atoms with Gasteiger partial charge in [0.1, 0.15) is 0 Å². The zero-order chi connectivity index (χ0) is 12.7. The van der Waals surface area contributed by atoms with Gasteiger partial charge < -0.3 is 10.6 Å². The summed E-state index contributed by atoms with van der Waals surface area (Å²) in [4.78, 5) is 11.4. The molecule has 1 aromatic heterocycles. The van der Waals surface area contributed by atoms with Crippen molar-refractivity contribution in [1.29, 1.82) is 0 Å². The molecule has 1 amide bonds. The smallest absolute Gasteiger partial charge is 0.230 e. The summed E-state index contributed by atoms with van der Waals surface area (Å²) in [5.74, 6) is 0.420. The third-order valence-corrected chi connectivity index (χ3v) is 3.72. The number of anilines is 1. The van der Waals surface area contributed by atoms with Crippen LogP contribution in [0, 0.1) is 0 Å². The maximum Gasteiger partial charge on any atom is 0.230 e. The van der Waals surface area contributed by atoms with E-state index in [0.717, 1.165) is 22.4 Å². The molecule has 0 fully saturated rings. The van der Waals surface area contributed by atoms with Crippen LogP contribution < -0.4 is 10.6 Å². The van der Waals surface area contributed by atoms with E-state index in [1.165, 1.54) is 23.1 Å². The molecule has 1 heterocycles. The molecule has 0 atom stereocenters. The van der Waals surface area contributed by atoms with Gasteiger partial charge in [-0.25, -0.2) is 0 Å². The van der Waals surface area contributed by atoms with Gasteiger partial charge in [0.2, 0.25) is 11.0 Å². The van der Waals surface area contributed by atoms with Crippen molar-refractivity contribution in [3.05, 3.63) is 0 Å². The summed E-state index contributed by atoms with van der Waals surface area (Å²) in [5, 5.41) is 14.8. The number of hydrogen-bond acceptors (Lipinski definition) is 6. The van der Waals surface area contributed by atoms with Gasteiger partial charge in [0.25, 0.3) is 0 Å². The number of nitrogens with zero attached hydrogens (tertiary/aromatic N) is 2.